The number of amides is 2. The maximum atomic E-state index is 13.2. The molecule has 3 aromatic rings. The quantitative estimate of drug-likeness (QED) is 0.600. The van der Waals surface area contributed by atoms with Crippen LogP contribution in [0, 0.1) is 0 Å². The fourth-order valence-corrected chi connectivity index (χ4v) is 4.51. The van der Waals surface area contributed by atoms with Gasteiger partial charge in [0, 0.05) is 49.2 Å². The third kappa shape index (κ3) is 4.43. The number of hydrogen-bond acceptors (Lipinski definition) is 5. The van der Waals surface area contributed by atoms with E-state index >= 15 is 0 Å². The zero-order chi connectivity index (χ0) is 20.9. The molecular formula is C22H24N4O3S. The van der Waals surface area contributed by atoms with E-state index in [2.05, 4.69) is 4.98 Å². The molecule has 4 rings (SSSR count). The molecule has 2 amide bonds. The van der Waals surface area contributed by atoms with Gasteiger partial charge in [0.15, 0.2) is 0 Å². The second kappa shape index (κ2) is 9.21. The number of methoxy groups -OCH3 is 1. The summed E-state index contributed by atoms with van der Waals surface area (Å²) in [6, 6.07) is 13.6. The van der Waals surface area contributed by atoms with Gasteiger partial charge < -0.3 is 18.9 Å². The molecule has 1 saturated heterocycles. The summed E-state index contributed by atoms with van der Waals surface area (Å²) in [6.07, 6.45) is 4.39. The van der Waals surface area contributed by atoms with Gasteiger partial charge in [0.2, 0.25) is 0 Å². The van der Waals surface area contributed by atoms with Crippen molar-refractivity contribution >= 4 is 29.4 Å². The van der Waals surface area contributed by atoms with Crippen LogP contribution in [0.2, 0.25) is 0 Å². The molecule has 1 aliphatic rings. The minimum Gasteiger partial charge on any atom is -0.453 e. The van der Waals surface area contributed by atoms with E-state index < -0.39 is 0 Å². The number of carbonyl (C=O) groups excluding carboxylic acids is 2. The minimum atomic E-state index is -0.340. The number of nitrogens with zero attached hydrogens (tertiary/aromatic N) is 4. The highest BCUT2D eigenvalue weighted by Gasteiger charge is 2.24. The highest BCUT2D eigenvalue weighted by atomic mass is 32.2. The summed E-state index contributed by atoms with van der Waals surface area (Å²) in [5, 5.41) is 0. The second-order valence-electron chi connectivity index (χ2n) is 7.09. The van der Waals surface area contributed by atoms with Crippen molar-refractivity contribution in [1.29, 1.82) is 0 Å². The Bertz CT molecular complexity index is 1020. The molecule has 30 heavy (non-hydrogen) atoms. The molecule has 0 unspecified atom stereocenters. The van der Waals surface area contributed by atoms with Gasteiger partial charge in [-0.15, -0.1) is 11.8 Å². The fraction of sp³-hybridized carbons (Fsp3) is 0.318. The monoisotopic (exact) mass is 424 g/mol. The van der Waals surface area contributed by atoms with Crippen LogP contribution in [0.1, 0.15) is 22.5 Å². The summed E-state index contributed by atoms with van der Waals surface area (Å²) in [7, 11) is 1.38. The lowest BCUT2D eigenvalue weighted by atomic mass is 10.2. The summed E-state index contributed by atoms with van der Waals surface area (Å²) >= 11 is 1.61. The minimum absolute atomic E-state index is 0.000169. The first-order chi connectivity index (χ1) is 14.7. The third-order valence-electron chi connectivity index (χ3n) is 5.12. The molecule has 0 N–H and O–H groups in total. The summed E-state index contributed by atoms with van der Waals surface area (Å²) in [6.45, 7) is 2.20. The van der Waals surface area contributed by atoms with Crippen molar-refractivity contribution in [2.24, 2.45) is 0 Å². The molecular weight excluding hydrogens is 400 g/mol. The lowest BCUT2D eigenvalue weighted by Gasteiger charge is -2.22. The first-order valence-electron chi connectivity index (χ1n) is 9.92. The topological polar surface area (TPSA) is 67.2 Å². The van der Waals surface area contributed by atoms with Crippen LogP contribution in [0.3, 0.4) is 0 Å². The van der Waals surface area contributed by atoms with E-state index in [1.807, 2.05) is 64.2 Å². The normalized spacial score (nSPS) is 14.6. The maximum Gasteiger partial charge on any atom is 0.409 e. The Labute approximate surface area is 179 Å². The standard InChI is InChI=1S/C22H24N4O3S/c1-29-22(28)25-12-6-11-24(13-14-25)21(27)18-7-2-3-8-19(18)30-16-17-15-26-10-5-4-9-20(26)23-17/h2-5,7-10,15H,6,11-14,16H2,1H3. The van der Waals surface area contributed by atoms with Crippen LogP contribution in [0.4, 0.5) is 4.79 Å². The van der Waals surface area contributed by atoms with Gasteiger partial charge >= 0.3 is 6.09 Å². The van der Waals surface area contributed by atoms with Crippen LogP contribution in [0.25, 0.3) is 5.65 Å². The van der Waals surface area contributed by atoms with Crippen LogP contribution in [-0.2, 0) is 10.5 Å². The number of aromatic nitrogens is 2. The van der Waals surface area contributed by atoms with Gasteiger partial charge in [-0.1, -0.05) is 18.2 Å². The highest BCUT2D eigenvalue weighted by molar-refractivity contribution is 7.98. The molecule has 0 aliphatic carbocycles. The molecule has 1 aromatic carbocycles. The zero-order valence-corrected chi connectivity index (χ0v) is 17.7. The van der Waals surface area contributed by atoms with Crippen molar-refractivity contribution in [2.75, 3.05) is 33.3 Å². The molecule has 0 saturated carbocycles. The number of carbonyl (C=O) groups is 2. The Morgan fingerprint density at radius 3 is 2.63 bits per heavy atom. The number of benzene rings is 1. The lowest BCUT2D eigenvalue weighted by Crippen LogP contribution is -2.37. The highest BCUT2D eigenvalue weighted by Crippen LogP contribution is 2.27. The molecule has 156 valence electrons. The molecule has 3 heterocycles. The largest absolute Gasteiger partial charge is 0.453 e. The van der Waals surface area contributed by atoms with Crippen LogP contribution in [-0.4, -0.2) is 64.5 Å². The Hall–Kier alpha value is -3.00. The summed E-state index contributed by atoms with van der Waals surface area (Å²) in [4.78, 5) is 34.1. The van der Waals surface area contributed by atoms with Gasteiger partial charge in [-0.3, -0.25) is 4.79 Å². The molecule has 0 bridgehead atoms. The summed E-state index contributed by atoms with van der Waals surface area (Å²) in [5.74, 6) is 0.682. The van der Waals surface area contributed by atoms with Gasteiger partial charge in [0.05, 0.1) is 18.4 Å². The van der Waals surface area contributed by atoms with E-state index in [0.29, 0.717) is 37.5 Å². The number of ether oxygens (including phenoxy) is 1. The van der Waals surface area contributed by atoms with Gasteiger partial charge in [0.1, 0.15) is 5.65 Å². The van der Waals surface area contributed by atoms with Gasteiger partial charge in [-0.05, 0) is 30.7 Å². The first kappa shape index (κ1) is 20.3. The average Bonchev–Trinajstić information content (AvgIpc) is 3.04. The summed E-state index contributed by atoms with van der Waals surface area (Å²) < 4.78 is 6.81. The van der Waals surface area contributed by atoms with Crippen LogP contribution in [0.15, 0.2) is 59.8 Å². The smallest absolute Gasteiger partial charge is 0.409 e. The number of imidazole rings is 1. The van der Waals surface area contributed by atoms with E-state index in [4.69, 9.17) is 4.74 Å². The van der Waals surface area contributed by atoms with Gasteiger partial charge in [0.25, 0.3) is 5.91 Å². The number of thioether (sulfide) groups is 1. The number of fused-ring (bicyclic) bond motifs is 1. The van der Waals surface area contributed by atoms with E-state index in [0.717, 1.165) is 22.7 Å². The molecule has 8 heteroatoms. The Kier molecular flexibility index (Phi) is 6.23. The van der Waals surface area contributed by atoms with Gasteiger partial charge in [-0.25, -0.2) is 9.78 Å². The Morgan fingerprint density at radius 2 is 1.80 bits per heavy atom. The molecule has 0 spiro atoms. The SMILES string of the molecule is COC(=O)N1CCCN(C(=O)c2ccccc2SCc2cn3ccccc3n2)CC1. The predicted octanol–water partition coefficient (Wildman–Crippen LogP) is 3.54. The molecule has 1 aliphatic heterocycles. The average molecular weight is 425 g/mol. The molecule has 0 atom stereocenters. The van der Waals surface area contributed by atoms with Crippen molar-refractivity contribution in [3.63, 3.8) is 0 Å². The van der Waals surface area contributed by atoms with Crippen LogP contribution >= 0.6 is 11.8 Å². The van der Waals surface area contributed by atoms with Gasteiger partial charge in [-0.2, -0.15) is 0 Å². The molecule has 1 fully saturated rings. The fourth-order valence-electron chi connectivity index (χ4n) is 3.58. The van der Waals surface area contributed by atoms with E-state index in [9.17, 15) is 9.59 Å². The van der Waals surface area contributed by atoms with Crippen molar-refractivity contribution in [3.05, 3.63) is 66.1 Å². The molecule has 2 aromatic heterocycles. The van der Waals surface area contributed by atoms with E-state index in [1.54, 1.807) is 16.7 Å². The number of hydrogen-bond donors (Lipinski definition) is 0. The maximum absolute atomic E-state index is 13.2. The van der Waals surface area contributed by atoms with Crippen molar-refractivity contribution in [2.45, 2.75) is 17.1 Å². The van der Waals surface area contributed by atoms with E-state index in [-0.39, 0.29) is 12.0 Å². The van der Waals surface area contributed by atoms with E-state index in [1.165, 1.54) is 7.11 Å². The number of rotatable bonds is 4. The number of pyridine rings is 1. The van der Waals surface area contributed by atoms with Crippen molar-refractivity contribution in [1.82, 2.24) is 19.2 Å². The third-order valence-corrected chi connectivity index (χ3v) is 6.23. The Balaban J connectivity index is 1.45. The zero-order valence-electron chi connectivity index (χ0n) is 16.9. The first-order valence-corrected chi connectivity index (χ1v) is 10.9. The van der Waals surface area contributed by atoms with Crippen molar-refractivity contribution in [3.8, 4) is 0 Å². The van der Waals surface area contributed by atoms with Crippen LogP contribution < -0.4 is 0 Å². The second-order valence-corrected chi connectivity index (χ2v) is 8.10. The van der Waals surface area contributed by atoms with Crippen molar-refractivity contribution < 1.29 is 14.3 Å². The Morgan fingerprint density at radius 1 is 1.03 bits per heavy atom. The predicted molar refractivity (Wildman–Crippen MR) is 116 cm³/mol. The van der Waals surface area contributed by atoms with Crippen LogP contribution in [0.5, 0.6) is 0 Å². The molecule has 7 nitrogen and oxygen atoms in total. The summed E-state index contributed by atoms with van der Waals surface area (Å²) in [5.41, 5.74) is 2.58. The lowest BCUT2D eigenvalue weighted by molar-refractivity contribution is 0.0754. The molecule has 0 radical (unpaired) electrons.